The normalized spacial score (nSPS) is 25.0. The van der Waals surface area contributed by atoms with E-state index >= 15 is 0 Å². The monoisotopic (exact) mass is 256 g/mol. The van der Waals surface area contributed by atoms with E-state index in [1.165, 1.54) is 19.3 Å². The number of morpholine rings is 1. The van der Waals surface area contributed by atoms with Crippen LogP contribution in [0.25, 0.3) is 0 Å². The maximum atomic E-state index is 6.03. The molecule has 1 heterocycles. The minimum atomic E-state index is 0.367. The van der Waals surface area contributed by atoms with E-state index in [0.717, 1.165) is 32.8 Å². The zero-order valence-electron chi connectivity index (χ0n) is 12.7. The third-order valence-electron chi connectivity index (χ3n) is 4.01. The van der Waals surface area contributed by atoms with Gasteiger partial charge in [-0.15, -0.1) is 0 Å². The van der Waals surface area contributed by atoms with Crippen molar-refractivity contribution in [3.8, 4) is 0 Å². The first-order chi connectivity index (χ1) is 8.72. The van der Waals surface area contributed by atoms with Gasteiger partial charge >= 0.3 is 0 Å². The fourth-order valence-electron chi connectivity index (χ4n) is 2.88. The second-order valence-corrected chi connectivity index (χ2v) is 5.55. The van der Waals surface area contributed by atoms with E-state index in [9.17, 15) is 0 Å². The van der Waals surface area contributed by atoms with Gasteiger partial charge in [-0.3, -0.25) is 4.90 Å². The summed E-state index contributed by atoms with van der Waals surface area (Å²) in [6, 6.07) is 0.513. The average molecular weight is 256 g/mol. The molecular weight excluding hydrogens is 224 g/mol. The molecule has 1 saturated heterocycles. The molecule has 18 heavy (non-hydrogen) atoms. The van der Waals surface area contributed by atoms with Crippen molar-refractivity contribution in [1.29, 1.82) is 0 Å². The zero-order chi connectivity index (χ0) is 13.4. The minimum Gasteiger partial charge on any atom is -0.374 e. The van der Waals surface area contributed by atoms with Crippen molar-refractivity contribution in [1.82, 2.24) is 10.2 Å². The lowest BCUT2D eigenvalue weighted by Gasteiger charge is -2.39. The first kappa shape index (κ1) is 15.9. The van der Waals surface area contributed by atoms with Crippen LogP contribution >= 0.6 is 0 Å². The Hall–Kier alpha value is -0.120. The molecule has 0 saturated carbocycles. The Labute approximate surface area is 113 Å². The summed E-state index contributed by atoms with van der Waals surface area (Å²) in [6.45, 7) is 14.4. The number of nitrogens with one attached hydrogen (secondary N) is 1. The Bertz CT molecular complexity index is 211. The molecule has 108 valence electrons. The van der Waals surface area contributed by atoms with Gasteiger partial charge in [-0.2, -0.15) is 0 Å². The molecular formula is C15H32N2O. The number of rotatable bonds is 8. The van der Waals surface area contributed by atoms with Crippen LogP contribution in [0.2, 0.25) is 0 Å². The highest BCUT2D eigenvalue weighted by atomic mass is 16.5. The van der Waals surface area contributed by atoms with Gasteiger partial charge in [0.1, 0.15) is 0 Å². The molecule has 1 aliphatic heterocycles. The molecule has 3 atom stereocenters. The first-order valence-corrected chi connectivity index (χ1v) is 7.80. The van der Waals surface area contributed by atoms with Crippen molar-refractivity contribution in [3.63, 3.8) is 0 Å². The summed E-state index contributed by atoms with van der Waals surface area (Å²) in [5, 5.41) is 3.72. The Morgan fingerprint density at radius 2 is 2.06 bits per heavy atom. The third-order valence-corrected chi connectivity index (χ3v) is 4.01. The summed E-state index contributed by atoms with van der Waals surface area (Å²) in [7, 11) is 0. The van der Waals surface area contributed by atoms with Crippen molar-refractivity contribution in [3.05, 3.63) is 0 Å². The number of hydrogen-bond donors (Lipinski definition) is 1. The highest BCUT2D eigenvalue weighted by Crippen LogP contribution is 2.19. The van der Waals surface area contributed by atoms with Crippen LogP contribution in [0.4, 0.5) is 0 Å². The van der Waals surface area contributed by atoms with Gasteiger partial charge in [-0.25, -0.2) is 0 Å². The summed E-state index contributed by atoms with van der Waals surface area (Å²) in [5.41, 5.74) is 0. The minimum absolute atomic E-state index is 0.367. The molecule has 1 rings (SSSR count). The van der Waals surface area contributed by atoms with Gasteiger partial charge in [0.25, 0.3) is 0 Å². The highest BCUT2D eigenvalue weighted by molar-refractivity contribution is 4.86. The SMILES string of the molecule is CCCNC(C(C)CCC)C1CN(CC)CCO1. The van der Waals surface area contributed by atoms with E-state index in [1.807, 2.05) is 0 Å². The van der Waals surface area contributed by atoms with Gasteiger partial charge in [0, 0.05) is 19.1 Å². The fourth-order valence-corrected chi connectivity index (χ4v) is 2.88. The molecule has 0 amide bonds. The quantitative estimate of drug-likeness (QED) is 0.722. The maximum absolute atomic E-state index is 6.03. The molecule has 0 radical (unpaired) electrons. The second kappa shape index (κ2) is 8.89. The number of hydrogen-bond acceptors (Lipinski definition) is 3. The van der Waals surface area contributed by atoms with Crippen LogP contribution in [0, 0.1) is 5.92 Å². The van der Waals surface area contributed by atoms with E-state index in [-0.39, 0.29) is 0 Å². The standard InChI is InChI=1S/C15H32N2O/c1-5-8-13(4)15(16-9-6-2)14-12-17(7-3)10-11-18-14/h13-16H,5-12H2,1-4H3. The van der Waals surface area contributed by atoms with Crippen LogP contribution in [0.5, 0.6) is 0 Å². The van der Waals surface area contributed by atoms with E-state index < -0.39 is 0 Å². The van der Waals surface area contributed by atoms with Crippen LogP contribution in [0.15, 0.2) is 0 Å². The molecule has 0 aromatic carbocycles. The van der Waals surface area contributed by atoms with Gasteiger partial charge in [0.05, 0.1) is 12.7 Å². The zero-order valence-corrected chi connectivity index (χ0v) is 12.7. The van der Waals surface area contributed by atoms with Crippen LogP contribution in [0.1, 0.15) is 47.0 Å². The highest BCUT2D eigenvalue weighted by Gasteiger charge is 2.30. The van der Waals surface area contributed by atoms with Crippen LogP contribution < -0.4 is 5.32 Å². The van der Waals surface area contributed by atoms with Gasteiger partial charge in [0.15, 0.2) is 0 Å². The molecule has 0 aromatic rings. The lowest BCUT2D eigenvalue weighted by atomic mass is 9.91. The van der Waals surface area contributed by atoms with Crippen LogP contribution in [-0.4, -0.2) is 49.8 Å². The van der Waals surface area contributed by atoms with Crippen LogP contribution in [0.3, 0.4) is 0 Å². The third kappa shape index (κ3) is 4.87. The predicted molar refractivity (Wildman–Crippen MR) is 78.0 cm³/mol. The average Bonchev–Trinajstić information content (AvgIpc) is 2.40. The second-order valence-electron chi connectivity index (χ2n) is 5.55. The molecule has 3 nitrogen and oxygen atoms in total. The lowest BCUT2D eigenvalue weighted by Crippen LogP contribution is -2.54. The van der Waals surface area contributed by atoms with E-state index in [4.69, 9.17) is 4.74 Å². The van der Waals surface area contributed by atoms with E-state index in [1.54, 1.807) is 0 Å². The van der Waals surface area contributed by atoms with Crippen molar-refractivity contribution < 1.29 is 4.74 Å². The predicted octanol–water partition coefficient (Wildman–Crippen LogP) is 2.51. The molecule has 0 spiro atoms. The van der Waals surface area contributed by atoms with Gasteiger partial charge in [0.2, 0.25) is 0 Å². The molecule has 3 unspecified atom stereocenters. The largest absolute Gasteiger partial charge is 0.374 e. The van der Waals surface area contributed by atoms with E-state index in [2.05, 4.69) is 37.9 Å². The maximum Gasteiger partial charge on any atom is 0.0857 e. The van der Waals surface area contributed by atoms with Gasteiger partial charge < -0.3 is 10.1 Å². The summed E-state index contributed by atoms with van der Waals surface area (Å²) < 4.78 is 6.03. The number of ether oxygens (including phenoxy) is 1. The topological polar surface area (TPSA) is 24.5 Å². The summed E-state index contributed by atoms with van der Waals surface area (Å²) in [5.74, 6) is 0.698. The Morgan fingerprint density at radius 1 is 1.28 bits per heavy atom. The van der Waals surface area contributed by atoms with Gasteiger partial charge in [-0.1, -0.05) is 34.1 Å². The van der Waals surface area contributed by atoms with Crippen LogP contribution in [-0.2, 0) is 4.74 Å². The molecule has 1 fully saturated rings. The Kier molecular flexibility index (Phi) is 7.87. The lowest BCUT2D eigenvalue weighted by molar-refractivity contribution is -0.0544. The molecule has 0 bridgehead atoms. The summed E-state index contributed by atoms with van der Waals surface area (Å²) >= 11 is 0. The van der Waals surface area contributed by atoms with Crippen molar-refractivity contribution in [2.75, 3.05) is 32.8 Å². The summed E-state index contributed by atoms with van der Waals surface area (Å²) in [4.78, 5) is 2.51. The molecule has 0 aromatic heterocycles. The Morgan fingerprint density at radius 3 is 2.67 bits per heavy atom. The molecule has 1 N–H and O–H groups in total. The smallest absolute Gasteiger partial charge is 0.0857 e. The molecule has 3 heteroatoms. The first-order valence-electron chi connectivity index (χ1n) is 7.80. The molecule has 0 aliphatic carbocycles. The Balaban J connectivity index is 2.56. The van der Waals surface area contributed by atoms with Crippen molar-refractivity contribution in [2.45, 2.75) is 59.1 Å². The van der Waals surface area contributed by atoms with Gasteiger partial charge in [-0.05, 0) is 31.8 Å². The number of nitrogens with zero attached hydrogens (tertiary/aromatic N) is 1. The van der Waals surface area contributed by atoms with Crippen molar-refractivity contribution >= 4 is 0 Å². The molecule has 1 aliphatic rings. The van der Waals surface area contributed by atoms with E-state index in [0.29, 0.717) is 18.1 Å². The summed E-state index contributed by atoms with van der Waals surface area (Å²) in [6.07, 6.45) is 4.11. The number of likely N-dealkylation sites (N-methyl/N-ethyl adjacent to an activating group) is 1. The van der Waals surface area contributed by atoms with Crippen molar-refractivity contribution in [2.24, 2.45) is 5.92 Å². The fraction of sp³-hybridized carbons (Fsp3) is 1.00.